The van der Waals surface area contributed by atoms with Crippen LogP contribution in [-0.2, 0) is 9.47 Å². The lowest BCUT2D eigenvalue weighted by Gasteiger charge is -2.31. The van der Waals surface area contributed by atoms with Gasteiger partial charge < -0.3 is 19.1 Å². The zero-order valence-electron chi connectivity index (χ0n) is 10.2. The highest BCUT2D eigenvalue weighted by Crippen LogP contribution is 2.30. The van der Waals surface area contributed by atoms with E-state index in [1.54, 1.807) is 7.11 Å². The molecule has 0 amide bonds. The Labute approximate surface area is 102 Å². The van der Waals surface area contributed by atoms with Crippen LogP contribution in [-0.4, -0.2) is 46.6 Å². The summed E-state index contributed by atoms with van der Waals surface area (Å²) in [6, 6.07) is 8.13. The average Bonchev–Trinajstić information content (AvgIpc) is 2.39. The maximum atomic E-state index is 5.60. The lowest BCUT2D eigenvalue weighted by atomic mass is 10.2. The molecule has 2 rings (SSSR count). The van der Waals surface area contributed by atoms with E-state index < -0.39 is 0 Å². The van der Waals surface area contributed by atoms with Gasteiger partial charge in [0.1, 0.15) is 12.4 Å². The zero-order valence-corrected chi connectivity index (χ0v) is 10.2. The molecule has 0 aromatic heterocycles. The van der Waals surface area contributed by atoms with Crippen LogP contribution in [0.3, 0.4) is 0 Å². The molecule has 1 heterocycles. The van der Waals surface area contributed by atoms with Gasteiger partial charge in [-0.05, 0) is 12.1 Å². The molecular formula is C13H19NO3. The first-order valence-corrected chi connectivity index (χ1v) is 5.95. The van der Waals surface area contributed by atoms with E-state index in [1.807, 2.05) is 18.2 Å². The van der Waals surface area contributed by atoms with E-state index in [2.05, 4.69) is 11.0 Å². The van der Waals surface area contributed by atoms with Crippen LogP contribution >= 0.6 is 0 Å². The van der Waals surface area contributed by atoms with Crippen molar-refractivity contribution in [2.75, 3.05) is 51.5 Å². The topological polar surface area (TPSA) is 30.9 Å². The van der Waals surface area contributed by atoms with E-state index in [-0.39, 0.29) is 0 Å². The lowest BCUT2D eigenvalue weighted by molar-refractivity contribution is 0.0735. The molecule has 17 heavy (non-hydrogen) atoms. The molecule has 0 spiro atoms. The highest BCUT2D eigenvalue weighted by molar-refractivity contribution is 5.59. The van der Waals surface area contributed by atoms with Crippen LogP contribution in [0.4, 0.5) is 5.69 Å². The molecule has 1 aliphatic heterocycles. The normalized spacial score (nSPS) is 14.3. The highest BCUT2D eigenvalue weighted by atomic mass is 16.5. The number of nitrogens with zero attached hydrogens (tertiary/aromatic N) is 1. The van der Waals surface area contributed by atoms with Gasteiger partial charge in [-0.3, -0.25) is 0 Å². The van der Waals surface area contributed by atoms with Gasteiger partial charge in [-0.2, -0.15) is 0 Å². The minimum Gasteiger partial charge on any atom is -0.490 e. The molecular weight excluding hydrogens is 218 g/mol. The summed E-state index contributed by atoms with van der Waals surface area (Å²) in [4.78, 5) is 2.30. The molecule has 94 valence electrons. The summed E-state index contributed by atoms with van der Waals surface area (Å²) in [6.45, 7) is 4.59. The van der Waals surface area contributed by atoms with E-state index in [0.717, 1.165) is 37.7 Å². The predicted octanol–water partition coefficient (Wildman–Crippen LogP) is 1.55. The molecule has 0 fully saturated rings. The number of fused-ring (bicyclic) bond motifs is 1. The fourth-order valence-corrected chi connectivity index (χ4v) is 1.88. The third-order valence-corrected chi connectivity index (χ3v) is 2.76. The molecule has 0 saturated carbocycles. The first-order valence-electron chi connectivity index (χ1n) is 5.95. The Hall–Kier alpha value is -1.26. The Morgan fingerprint density at radius 2 is 2.12 bits per heavy atom. The Balaban J connectivity index is 1.82. The second kappa shape index (κ2) is 6.47. The van der Waals surface area contributed by atoms with Gasteiger partial charge in [0.25, 0.3) is 0 Å². The number of hydrogen-bond acceptors (Lipinski definition) is 4. The van der Waals surface area contributed by atoms with Crippen LogP contribution in [0, 0.1) is 0 Å². The van der Waals surface area contributed by atoms with E-state index in [4.69, 9.17) is 14.2 Å². The van der Waals surface area contributed by atoms with Gasteiger partial charge in [-0.15, -0.1) is 0 Å². The first kappa shape index (κ1) is 12.2. The fraction of sp³-hybridized carbons (Fsp3) is 0.538. The van der Waals surface area contributed by atoms with Crippen LogP contribution in [0.25, 0.3) is 0 Å². The fourth-order valence-electron chi connectivity index (χ4n) is 1.88. The van der Waals surface area contributed by atoms with E-state index in [1.165, 1.54) is 0 Å². The predicted molar refractivity (Wildman–Crippen MR) is 66.8 cm³/mol. The summed E-state index contributed by atoms with van der Waals surface area (Å²) >= 11 is 0. The van der Waals surface area contributed by atoms with Gasteiger partial charge in [-0.1, -0.05) is 12.1 Å². The number of rotatable bonds is 6. The van der Waals surface area contributed by atoms with E-state index >= 15 is 0 Å². The molecule has 0 radical (unpaired) electrons. The number of ether oxygens (including phenoxy) is 3. The summed E-state index contributed by atoms with van der Waals surface area (Å²) < 4.78 is 16.0. The van der Waals surface area contributed by atoms with Gasteiger partial charge in [0.2, 0.25) is 0 Å². The second-order valence-electron chi connectivity index (χ2n) is 3.91. The highest BCUT2D eigenvalue weighted by Gasteiger charge is 2.16. The van der Waals surface area contributed by atoms with Crippen LogP contribution in [0.1, 0.15) is 0 Å². The summed E-state index contributed by atoms with van der Waals surface area (Å²) in [7, 11) is 1.68. The molecule has 1 aliphatic rings. The van der Waals surface area contributed by atoms with Crippen LogP contribution in [0.15, 0.2) is 24.3 Å². The van der Waals surface area contributed by atoms with Crippen molar-refractivity contribution in [1.82, 2.24) is 0 Å². The standard InChI is InChI=1S/C13H19NO3/c1-15-10-11-16-8-6-14-7-9-17-13-5-3-2-4-12(13)14/h2-5H,6-11H2,1H3. The number of para-hydroxylation sites is 2. The van der Waals surface area contributed by atoms with E-state index in [9.17, 15) is 0 Å². The lowest BCUT2D eigenvalue weighted by Crippen LogP contribution is -2.35. The van der Waals surface area contributed by atoms with Crippen molar-refractivity contribution >= 4 is 5.69 Å². The molecule has 0 bridgehead atoms. The summed E-state index contributed by atoms with van der Waals surface area (Å²) in [5, 5.41) is 0. The molecule has 1 aromatic rings. The van der Waals surface area contributed by atoms with Gasteiger partial charge in [-0.25, -0.2) is 0 Å². The Bertz CT molecular complexity index is 343. The number of methoxy groups -OCH3 is 1. The third kappa shape index (κ3) is 3.35. The van der Waals surface area contributed by atoms with Gasteiger partial charge in [0.15, 0.2) is 0 Å². The largest absolute Gasteiger partial charge is 0.490 e. The number of benzene rings is 1. The molecule has 0 saturated heterocycles. The first-order chi connectivity index (χ1) is 8.42. The van der Waals surface area contributed by atoms with Crippen molar-refractivity contribution in [2.45, 2.75) is 0 Å². The van der Waals surface area contributed by atoms with Crippen LogP contribution < -0.4 is 9.64 Å². The Morgan fingerprint density at radius 1 is 1.24 bits per heavy atom. The maximum Gasteiger partial charge on any atom is 0.142 e. The number of anilines is 1. The monoisotopic (exact) mass is 237 g/mol. The Kier molecular flexibility index (Phi) is 4.64. The molecule has 0 aliphatic carbocycles. The number of hydrogen-bond donors (Lipinski definition) is 0. The minimum atomic E-state index is 0.652. The molecule has 0 unspecified atom stereocenters. The van der Waals surface area contributed by atoms with Crippen LogP contribution in [0.2, 0.25) is 0 Å². The van der Waals surface area contributed by atoms with Gasteiger partial charge in [0.05, 0.1) is 32.1 Å². The maximum absolute atomic E-state index is 5.60. The van der Waals surface area contributed by atoms with Crippen molar-refractivity contribution in [1.29, 1.82) is 0 Å². The average molecular weight is 237 g/mol. The molecule has 1 aromatic carbocycles. The molecule has 0 atom stereocenters. The minimum absolute atomic E-state index is 0.652. The van der Waals surface area contributed by atoms with Crippen molar-refractivity contribution in [3.8, 4) is 5.75 Å². The van der Waals surface area contributed by atoms with Crippen molar-refractivity contribution in [2.24, 2.45) is 0 Å². The molecule has 4 heteroatoms. The quantitative estimate of drug-likeness (QED) is 0.702. The van der Waals surface area contributed by atoms with E-state index in [0.29, 0.717) is 13.2 Å². The second-order valence-corrected chi connectivity index (χ2v) is 3.91. The van der Waals surface area contributed by atoms with Crippen molar-refractivity contribution < 1.29 is 14.2 Å². The zero-order chi connectivity index (χ0) is 11.9. The summed E-state index contributed by atoms with van der Waals surface area (Å²) in [5.41, 5.74) is 1.16. The molecule has 4 nitrogen and oxygen atoms in total. The third-order valence-electron chi connectivity index (χ3n) is 2.76. The SMILES string of the molecule is COCCOCCN1CCOc2ccccc21. The smallest absolute Gasteiger partial charge is 0.142 e. The Morgan fingerprint density at radius 3 is 3.00 bits per heavy atom. The van der Waals surface area contributed by atoms with Crippen LogP contribution in [0.5, 0.6) is 5.75 Å². The molecule has 0 N–H and O–H groups in total. The summed E-state index contributed by atoms with van der Waals surface area (Å²) in [6.07, 6.45) is 0. The summed E-state index contributed by atoms with van der Waals surface area (Å²) in [5.74, 6) is 0.968. The van der Waals surface area contributed by atoms with Crippen molar-refractivity contribution in [3.05, 3.63) is 24.3 Å². The van der Waals surface area contributed by atoms with Gasteiger partial charge >= 0.3 is 0 Å². The van der Waals surface area contributed by atoms with Crippen molar-refractivity contribution in [3.63, 3.8) is 0 Å². The van der Waals surface area contributed by atoms with Gasteiger partial charge in [0, 0.05) is 13.7 Å².